The average molecular weight is 280 g/mol. The third-order valence-corrected chi connectivity index (χ3v) is 2.49. The number of rotatable bonds is 3. The highest BCUT2D eigenvalue weighted by atomic mass is 19.4. The summed E-state index contributed by atoms with van der Waals surface area (Å²) in [5.74, 6) is -0.808. The molecule has 3 nitrogen and oxygen atoms in total. The van der Waals surface area contributed by atoms with Crippen molar-refractivity contribution in [2.45, 2.75) is 6.18 Å². The number of alkyl halides is 3. The summed E-state index contributed by atoms with van der Waals surface area (Å²) in [5, 5.41) is 2.70. The molecule has 0 bridgehead atoms. The number of aromatic nitrogens is 1. The topological polar surface area (TPSA) is 42.0 Å². The summed E-state index contributed by atoms with van der Waals surface area (Å²) in [6, 6.07) is 10.9. The van der Waals surface area contributed by atoms with Crippen molar-refractivity contribution < 1.29 is 18.0 Å². The smallest absolute Gasteiger partial charge is 0.343 e. The van der Waals surface area contributed by atoms with Crippen LogP contribution in [0.4, 0.5) is 13.2 Å². The second-order valence-electron chi connectivity index (χ2n) is 4.10. The van der Waals surface area contributed by atoms with Gasteiger partial charge >= 0.3 is 6.18 Å². The molecule has 0 aliphatic rings. The van der Waals surface area contributed by atoms with Crippen molar-refractivity contribution in [1.29, 1.82) is 0 Å². The van der Waals surface area contributed by atoms with Gasteiger partial charge in [-0.05, 0) is 18.2 Å². The minimum Gasteiger partial charge on any atom is -0.343 e. The second kappa shape index (κ2) is 5.73. The van der Waals surface area contributed by atoms with E-state index in [4.69, 9.17) is 0 Å². The molecule has 104 valence electrons. The number of carbonyl (C=O) groups excluding carboxylic acids is 1. The van der Waals surface area contributed by atoms with E-state index in [0.29, 0.717) is 5.69 Å². The van der Waals surface area contributed by atoms with E-state index < -0.39 is 18.6 Å². The summed E-state index contributed by atoms with van der Waals surface area (Å²) in [7, 11) is 0. The summed E-state index contributed by atoms with van der Waals surface area (Å²) in [4.78, 5) is 15.5. The molecular formula is C14H11F3N2O. The van der Waals surface area contributed by atoms with Crippen molar-refractivity contribution in [3.63, 3.8) is 0 Å². The molecular weight excluding hydrogens is 269 g/mol. The Hall–Kier alpha value is -2.37. The predicted molar refractivity (Wildman–Crippen MR) is 69.8 cm³/mol. The third kappa shape index (κ3) is 4.08. The standard InChI is InChI=1S/C14H11F3N2O/c15-14(16,17)9-18-13(20)8-7-11-6-5-10-3-1-2-4-12(10)19-11/h1-8H,9H2,(H,18,20)/b8-7+. The zero-order valence-corrected chi connectivity index (χ0v) is 10.3. The fourth-order valence-electron chi connectivity index (χ4n) is 1.58. The van der Waals surface area contributed by atoms with Crippen LogP contribution in [-0.2, 0) is 4.79 Å². The summed E-state index contributed by atoms with van der Waals surface area (Å²) in [6.45, 7) is -1.35. The lowest BCUT2D eigenvalue weighted by Crippen LogP contribution is -2.32. The number of benzene rings is 1. The zero-order valence-electron chi connectivity index (χ0n) is 10.3. The predicted octanol–water partition coefficient (Wildman–Crippen LogP) is 2.93. The van der Waals surface area contributed by atoms with Crippen LogP contribution < -0.4 is 5.32 Å². The number of halogens is 3. The van der Waals surface area contributed by atoms with Gasteiger partial charge in [-0.15, -0.1) is 0 Å². The molecule has 2 aromatic rings. The number of hydrogen-bond donors (Lipinski definition) is 1. The van der Waals surface area contributed by atoms with E-state index >= 15 is 0 Å². The van der Waals surface area contributed by atoms with Gasteiger partial charge in [-0.1, -0.05) is 24.3 Å². The van der Waals surface area contributed by atoms with Gasteiger partial charge in [0.1, 0.15) is 6.54 Å². The maximum absolute atomic E-state index is 11.9. The van der Waals surface area contributed by atoms with Gasteiger partial charge in [0.15, 0.2) is 0 Å². The molecule has 1 aromatic carbocycles. The molecule has 1 amide bonds. The van der Waals surface area contributed by atoms with Crippen LogP contribution in [0.5, 0.6) is 0 Å². The Labute approximate surface area is 113 Å². The Morgan fingerprint density at radius 2 is 1.95 bits per heavy atom. The van der Waals surface area contributed by atoms with Gasteiger partial charge in [0.25, 0.3) is 0 Å². The highest BCUT2D eigenvalue weighted by Crippen LogP contribution is 2.13. The first-order valence-corrected chi connectivity index (χ1v) is 5.82. The van der Waals surface area contributed by atoms with Crippen molar-refractivity contribution in [1.82, 2.24) is 10.3 Å². The summed E-state index contributed by atoms with van der Waals surface area (Å²) in [5.41, 5.74) is 1.26. The number of amides is 1. The lowest BCUT2D eigenvalue weighted by molar-refractivity contribution is -0.135. The van der Waals surface area contributed by atoms with E-state index in [-0.39, 0.29) is 0 Å². The highest BCUT2D eigenvalue weighted by molar-refractivity contribution is 5.91. The average Bonchev–Trinajstić information content (AvgIpc) is 2.42. The molecule has 2 rings (SSSR count). The van der Waals surface area contributed by atoms with Crippen molar-refractivity contribution in [2.75, 3.05) is 6.54 Å². The largest absolute Gasteiger partial charge is 0.405 e. The van der Waals surface area contributed by atoms with E-state index in [2.05, 4.69) is 4.98 Å². The molecule has 0 fully saturated rings. The van der Waals surface area contributed by atoms with Gasteiger partial charge in [0.05, 0.1) is 11.2 Å². The maximum atomic E-state index is 11.9. The molecule has 0 aliphatic heterocycles. The first-order valence-electron chi connectivity index (χ1n) is 5.82. The first kappa shape index (κ1) is 14.0. The van der Waals surface area contributed by atoms with Gasteiger partial charge in [0.2, 0.25) is 5.91 Å². The molecule has 1 N–H and O–H groups in total. The summed E-state index contributed by atoms with van der Waals surface area (Å²) >= 11 is 0. The van der Waals surface area contributed by atoms with Crippen LogP contribution in [0.1, 0.15) is 5.69 Å². The molecule has 0 saturated carbocycles. The van der Waals surface area contributed by atoms with Gasteiger partial charge in [-0.2, -0.15) is 13.2 Å². The Morgan fingerprint density at radius 3 is 2.70 bits per heavy atom. The number of pyridine rings is 1. The molecule has 6 heteroatoms. The fraction of sp³-hybridized carbons (Fsp3) is 0.143. The van der Waals surface area contributed by atoms with Crippen LogP contribution in [0.15, 0.2) is 42.5 Å². The van der Waals surface area contributed by atoms with E-state index in [1.165, 1.54) is 6.08 Å². The molecule has 0 unspecified atom stereocenters. The summed E-state index contributed by atoms with van der Waals surface area (Å²) in [6.07, 6.45) is -2.01. The molecule has 0 radical (unpaired) electrons. The Balaban J connectivity index is 2.04. The number of hydrogen-bond acceptors (Lipinski definition) is 2. The van der Waals surface area contributed by atoms with Crippen molar-refractivity contribution >= 4 is 22.9 Å². The van der Waals surface area contributed by atoms with Crippen LogP contribution >= 0.6 is 0 Å². The minimum absolute atomic E-state index is 0.505. The van der Waals surface area contributed by atoms with E-state index in [9.17, 15) is 18.0 Å². The SMILES string of the molecule is O=C(/C=C/c1ccc2ccccc2n1)NCC(F)(F)F. The Bertz CT molecular complexity index is 650. The van der Waals surface area contributed by atoms with Gasteiger partial charge < -0.3 is 5.32 Å². The molecule has 1 heterocycles. The lowest BCUT2D eigenvalue weighted by atomic mass is 10.2. The normalized spacial score (nSPS) is 11.9. The van der Waals surface area contributed by atoms with Crippen LogP contribution in [0.25, 0.3) is 17.0 Å². The summed E-state index contributed by atoms with van der Waals surface area (Å²) < 4.78 is 35.7. The molecule has 0 aliphatic carbocycles. The van der Waals surface area contributed by atoms with Crippen LogP contribution in [0.3, 0.4) is 0 Å². The van der Waals surface area contributed by atoms with Gasteiger partial charge in [-0.3, -0.25) is 4.79 Å². The van der Waals surface area contributed by atoms with E-state index in [1.807, 2.05) is 30.3 Å². The number of carbonyl (C=O) groups is 1. The lowest BCUT2D eigenvalue weighted by Gasteiger charge is -2.05. The van der Waals surface area contributed by atoms with E-state index in [1.54, 1.807) is 11.4 Å². The van der Waals surface area contributed by atoms with Crippen LogP contribution in [-0.4, -0.2) is 23.6 Å². The van der Waals surface area contributed by atoms with Crippen molar-refractivity contribution in [2.24, 2.45) is 0 Å². The maximum Gasteiger partial charge on any atom is 0.405 e. The molecule has 1 aromatic heterocycles. The zero-order chi connectivity index (χ0) is 14.6. The number of para-hydroxylation sites is 1. The van der Waals surface area contributed by atoms with E-state index in [0.717, 1.165) is 17.0 Å². The molecule has 0 atom stereocenters. The minimum atomic E-state index is -4.41. The number of fused-ring (bicyclic) bond motifs is 1. The first-order chi connectivity index (χ1) is 9.44. The Morgan fingerprint density at radius 1 is 1.20 bits per heavy atom. The monoisotopic (exact) mass is 280 g/mol. The van der Waals surface area contributed by atoms with Gasteiger partial charge in [-0.25, -0.2) is 4.98 Å². The fourth-order valence-corrected chi connectivity index (χ4v) is 1.58. The van der Waals surface area contributed by atoms with Gasteiger partial charge in [0, 0.05) is 11.5 Å². The third-order valence-electron chi connectivity index (χ3n) is 2.49. The highest BCUT2D eigenvalue weighted by Gasteiger charge is 2.27. The van der Waals surface area contributed by atoms with Crippen LogP contribution in [0, 0.1) is 0 Å². The van der Waals surface area contributed by atoms with Crippen LogP contribution in [0.2, 0.25) is 0 Å². The molecule has 0 spiro atoms. The quantitative estimate of drug-likeness (QED) is 0.878. The van der Waals surface area contributed by atoms with Crippen molar-refractivity contribution in [3.8, 4) is 0 Å². The molecule has 0 saturated heterocycles. The second-order valence-corrected chi connectivity index (χ2v) is 4.10. The number of nitrogens with one attached hydrogen (secondary N) is 1. The number of nitrogens with zero attached hydrogens (tertiary/aromatic N) is 1. The van der Waals surface area contributed by atoms with Crippen molar-refractivity contribution in [3.05, 3.63) is 48.2 Å². The molecule has 20 heavy (non-hydrogen) atoms. The Kier molecular flexibility index (Phi) is 4.02.